The summed E-state index contributed by atoms with van der Waals surface area (Å²) >= 11 is 0. The first kappa shape index (κ1) is 16.8. The second-order valence-corrected chi connectivity index (χ2v) is 6.27. The van der Waals surface area contributed by atoms with Crippen LogP contribution in [0.1, 0.15) is 22.0 Å². The van der Waals surface area contributed by atoms with E-state index in [4.69, 9.17) is 13.6 Å². The molecule has 7 nitrogen and oxygen atoms in total. The normalized spacial score (nSPS) is 15.4. The maximum absolute atomic E-state index is 12.3. The molecule has 0 radical (unpaired) electrons. The summed E-state index contributed by atoms with van der Waals surface area (Å²) < 4.78 is 16.5. The average Bonchev–Trinajstić information content (AvgIpc) is 3.29. The van der Waals surface area contributed by atoms with Crippen LogP contribution < -0.4 is 5.32 Å². The standard InChI is InChI=1S/C19H21N3O4/c23-19(14-11-15(25-13-14)12-22-7-9-24-10-8-22)20-6-5-18-21-16-3-1-2-4-17(16)26-18/h1-4,11,13H,5-10,12H2,(H,20,23). The lowest BCUT2D eigenvalue weighted by Gasteiger charge is -2.25. The summed E-state index contributed by atoms with van der Waals surface area (Å²) in [6, 6.07) is 9.41. The number of rotatable bonds is 6. The summed E-state index contributed by atoms with van der Waals surface area (Å²) in [5, 5.41) is 2.88. The third kappa shape index (κ3) is 3.95. The molecule has 4 rings (SSSR count). The molecule has 1 fully saturated rings. The van der Waals surface area contributed by atoms with Crippen LogP contribution in [0.4, 0.5) is 0 Å². The molecule has 1 aromatic carbocycles. The molecule has 3 heterocycles. The molecule has 0 saturated carbocycles. The Hall–Kier alpha value is -2.64. The van der Waals surface area contributed by atoms with E-state index in [1.807, 2.05) is 24.3 Å². The zero-order valence-corrected chi connectivity index (χ0v) is 14.4. The van der Waals surface area contributed by atoms with Crippen molar-refractivity contribution in [3.63, 3.8) is 0 Å². The third-order valence-corrected chi connectivity index (χ3v) is 4.36. The van der Waals surface area contributed by atoms with E-state index in [1.54, 1.807) is 6.07 Å². The zero-order chi connectivity index (χ0) is 17.8. The van der Waals surface area contributed by atoms with Crippen molar-refractivity contribution in [2.75, 3.05) is 32.8 Å². The highest BCUT2D eigenvalue weighted by Gasteiger charge is 2.15. The Labute approximate surface area is 150 Å². The van der Waals surface area contributed by atoms with Crippen molar-refractivity contribution in [3.05, 3.63) is 53.8 Å². The maximum atomic E-state index is 12.3. The molecule has 0 spiro atoms. The number of nitrogens with zero attached hydrogens (tertiary/aromatic N) is 2. The van der Waals surface area contributed by atoms with E-state index in [1.165, 1.54) is 6.26 Å². The number of hydrogen-bond acceptors (Lipinski definition) is 6. The first-order valence-corrected chi connectivity index (χ1v) is 8.78. The Morgan fingerprint density at radius 2 is 2.08 bits per heavy atom. The monoisotopic (exact) mass is 355 g/mol. The van der Waals surface area contributed by atoms with Gasteiger partial charge in [0.1, 0.15) is 17.5 Å². The van der Waals surface area contributed by atoms with Crippen LogP contribution in [0.2, 0.25) is 0 Å². The summed E-state index contributed by atoms with van der Waals surface area (Å²) in [6.45, 7) is 4.39. The van der Waals surface area contributed by atoms with E-state index < -0.39 is 0 Å². The number of oxazole rings is 1. The van der Waals surface area contributed by atoms with Crippen molar-refractivity contribution in [2.45, 2.75) is 13.0 Å². The van der Waals surface area contributed by atoms with Gasteiger partial charge in [0.05, 0.1) is 25.3 Å². The fourth-order valence-corrected chi connectivity index (χ4v) is 2.97. The Bertz CT molecular complexity index is 847. The van der Waals surface area contributed by atoms with Gasteiger partial charge in [-0.1, -0.05) is 12.1 Å². The van der Waals surface area contributed by atoms with Crippen molar-refractivity contribution >= 4 is 17.0 Å². The molecule has 1 aliphatic rings. The maximum Gasteiger partial charge on any atom is 0.254 e. The SMILES string of the molecule is O=C(NCCc1nc2ccccc2o1)c1coc(CN2CCOCC2)c1. The van der Waals surface area contributed by atoms with Gasteiger partial charge in [-0.3, -0.25) is 9.69 Å². The lowest BCUT2D eigenvalue weighted by atomic mass is 10.2. The van der Waals surface area contributed by atoms with Crippen LogP contribution in [0.3, 0.4) is 0 Å². The summed E-state index contributed by atoms with van der Waals surface area (Å²) in [6.07, 6.45) is 2.05. The molecule has 0 aliphatic carbocycles. The lowest BCUT2D eigenvalue weighted by Crippen LogP contribution is -2.35. The fraction of sp³-hybridized carbons (Fsp3) is 0.368. The van der Waals surface area contributed by atoms with Crippen LogP contribution in [0.25, 0.3) is 11.1 Å². The zero-order valence-electron chi connectivity index (χ0n) is 14.4. The number of benzene rings is 1. The minimum atomic E-state index is -0.155. The average molecular weight is 355 g/mol. The van der Waals surface area contributed by atoms with E-state index in [2.05, 4.69) is 15.2 Å². The first-order chi connectivity index (χ1) is 12.8. The minimum Gasteiger partial charge on any atom is -0.467 e. The van der Waals surface area contributed by atoms with E-state index in [0.29, 0.717) is 31.0 Å². The minimum absolute atomic E-state index is 0.155. The predicted octanol–water partition coefficient (Wildman–Crippen LogP) is 2.23. The molecular formula is C19H21N3O4. The molecule has 7 heteroatoms. The van der Waals surface area contributed by atoms with Crippen LogP contribution in [0.5, 0.6) is 0 Å². The van der Waals surface area contributed by atoms with Crippen molar-refractivity contribution in [3.8, 4) is 0 Å². The smallest absolute Gasteiger partial charge is 0.254 e. The van der Waals surface area contributed by atoms with E-state index in [-0.39, 0.29) is 5.91 Å². The van der Waals surface area contributed by atoms with Crippen LogP contribution in [-0.2, 0) is 17.7 Å². The summed E-state index contributed by atoms with van der Waals surface area (Å²) in [5.74, 6) is 1.25. The molecule has 0 atom stereocenters. The number of para-hydroxylation sites is 2. The van der Waals surface area contributed by atoms with Gasteiger partial charge in [0, 0.05) is 26.1 Å². The number of fused-ring (bicyclic) bond motifs is 1. The Morgan fingerprint density at radius 1 is 1.23 bits per heavy atom. The molecule has 3 aromatic rings. The van der Waals surface area contributed by atoms with Crippen LogP contribution in [-0.4, -0.2) is 48.6 Å². The van der Waals surface area contributed by atoms with Gasteiger partial charge in [0.25, 0.3) is 5.91 Å². The van der Waals surface area contributed by atoms with Crippen molar-refractivity contribution in [2.24, 2.45) is 0 Å². The molecular weight excluding hydrogens is 334 g/mol. The van der Waals surface area contributed by atoms with Gasteiger partial charge in [0.15, 0.2) is 11.5 Å². The van der Waals surface area contributed by atoms with Gasteiger partial charge < -0.3 is 18.9 Å². The fourth-order valence-electron chi connectivity index (χ4n) is 2.97. The molecule has 1 saturated heterocycles. The van der Waals surface area contributed by atoms with E-state index in [9.17, 15) is 4.79 Å². The number of carbonyl (C=O) groups is 1. The summed E-state index contributed by atoms with van der Waals surface area (Å²) in [7, 11) is 0. The lowest BCUT2D eigenvalue weighted by molar-refractivity contribution is 0.0313. The highest BCUT2D eigenvalue weighted by Crippen LogP contribution is 2.15. The van der Waals surface area contributed by atoms with E-state index >= 15 is 0 Å². The Balaban J connectivity index is 1.28. The quantitative estimate of drug-likeness (QED) is 0.730. The number of furan rings is 1. The van der Waals surface area contributed by atoms with Gasteiger partial charge in [-0.2, -0.15) is 0 Å². The number of morpholine rings is 1. The van der Waals surface area contributed by atoms with Crippen LogP contribution >= 0.6 is 0 Å². The number of amides is 1. The largest absolute Gasteiger partial charge is 0.467 e. The second-order valence-electron chi connectivity index (χ2n) is 6.27. The van der Waals surface area contributed by atoms with Crippen molar-refractivity contribution < 1.29 is 18.4 Å². The molecule has 1 N–H and O–H groups in total. The van der Waals surface area contributed by atoms with E-state index in [0.717, 1.165) is 43.2 Å². The van der Waals surface area contributed by atoms with Gasteiger partial charge in [0.2, 0.25) is 0 Å². The number of hydrogen-bond donors (Lipinski definition) is 1. The molecule has 1 amide bonds. The van der Waals surface area contributed by atoms with Gasteiger partial charge in [-0.25, -0.2) is 4.98 Å². The number of carbonyl (C=O) groups excluding carboxylic acids is 1. The topological polar surface area (TPSA) is 80.7 Å². The van der Waals surface area contributed by atoms with Crippen LogP contribution in [0.15, 0.2) is 45.4 Å². The highest BCUT2D eigenvalue weighted by atomic mass is 16.5. The molecule has 2 aromatic heterocycles. The van der Waals surface area contributed by atoms with Crippen molar-refractivity contribution in [1.29, 1.82) is 0 Å². The number of aromatic nitrogens is 1. The van der Waals surface area contributed by atoms with Crippen LogP contribution in [0, 0.1) is 0 Å². The second kappa shape index (κ2) is 7.72. The third-order valence-electron chi connectivity index (χ3n) is 4.36. The van der Waals surface area contributed by atoms with Gasteiger partial charge in [-0.05, 0) is 18.2 Å². The Kier molecular flexibility index (Phi) is 4.99. The number of nitrogens with one attached hydrogen (secondary N) is 1. The highest BCUT2D eigenvalue weighted by molar-refractivity contribution is 5.93. The van der Waals surface area contributed by atoms with Crippen molar-refractivity contribution in [1.82, 2.24) is 15.2 Å². The molecule has 1 aliphatic heterocycles. The first-order valence-electron chi connectivity index (χ1n) is 8.78. The van der Waals surface area contributed by atoms with Gasteiger partial charge >= 0.3 is 0 Å². The number of ether oxygens (including phenoxy) is 1. The Morgan fingerprint density at radius 3 is 2.92 bits per heavy atom. The predicted molar refractivity (Wildman–Crippen MR) is 94.9 cm³/mol. The molecule has 26 heavy (non-hydrogen) atoms. The molecule has 136 valence electrons. The summed E-state index contributed by atoms with van der Waals surface area (Å²) in [5.41, 5.74) is 2.12. The summed E-state index contributed by atoms with van der Waals surface area (Å²) in [4.78, 5) is 18.9. The molecule has 0 bridgehead atoms. The van der Waals surface area contributed by atoms with Gasteiger partial charge in [-0.15, -0.1) is 0 Å². The molecule has 0 unspecified atom stereocenters.